The van der Waals surface area contributed by atoms with Crippen LogP contribution in [0.1, 0.15) is 66.1 Å². The molecule has 5 N–H and O–H groups in total. The number of carbonyl (C=O) groups is 4. The highest BCUT2D eigenvalue weighted by atomic mass is 16.4. The first-order valence-corrected chi connectivity index (χ1v) is 12.6. The summed E-state index contributed by atoms with van der Waals surface area (Å²) in [5.41, 5.74) is 4.24. The van der Waals surface area contributed by atoms with E-state index >= 15 is 0 Å². The number of hydrogen-bond acceptors (Lipinski definition) is 4. The number of amides is 3. The van der Waals surface area contributed by atoms with Crippen molar-refractivity contribution in [2.75, 3.05) is 6.54 Å². The molecule has 2 atom stereocenters. The van der Waals surface area contributed by atoms with E-state index in [-0.39, 0.29) is 25.2 Å². The number of benzene rings is 2. The highest BCUT2D eigenvalue weighted by molar-refractivity contribution is 5.94. The Morgan fingerprint density at radius 3 is 1.97 bits per heavy atom. The van der Waals surface area contributed by atoms with Gasteiger partial charge in [-0.15, -0.1) is 0 Å². The fourth-order valence-electron chi connectivity index (χ4n) is 3.74. The number of carboxylic acid groups (broad SMARTS) is 2. The second-order valence-electron chi connectivity index (χ2n) is 9.28. The quantitative estimate of drug-likeness (QED) is 0.231. The van der Waals surface area contributed by atoms with Crippen LogP contribution in [-0.4, -0.2) is 52.7 Å². The van der Waals surface area contributed by atoms with E-state index in [1.165, 1.54) is 11.1 Å². The summed E-state index contributed by atoms with van der Waals surface area (Å²) in [5.74, 6) is -2.30. The first-order valence-electron chi connectivity index (χ1n) is 12.6. The number of carbonyl (C=O) groups excluding carboxylic acids is 2. The van der Waals surface area contributed by atoms with E-state index < -0.39 is 30.1 Å². The Labute approximate surface area is 217 Å². The normalized spacial score (nSPS) is 12.3. The lowest BCUT2D eigenvalue weighted by molar-refractivity contribution is -0.139. The van der Waals surface area contributed by atoms with E-state index in [0.717, 1.165) is 18.4 Å². The van der Waals surface area contributed by atoms with Crippen LogP contribution in [0.2, 0.25) is 0 Å². The molecule has 2 unspecified atom stereocenters. The molecule has 9 nitrogen and oxygen atoms in total. The molecule has 0 saturated heterocycles. The third-order valence-electron chi connectivity index (χ3n) is 6.02. The lowest BCUT2D eigenvalue weighted by Gasteiger charge is -2.18. The fraction of sp³-hybridized carbons (Fsp3) is 0.429. The standard InChI is InChI=1S/C28H37N3O6/c1-19-6-9-21(10-7-19)11-12-22-13-15-23(16-14-22)26(34)29-18-4-3-5-24(27(35)36)31-28(37)30-20(2)8-17-25(32)33/h6-7,9-10,13-16,20,24H,3-5,8,11-12,17-18H2,1-2H3,(H,29,34)(H,32,33)(H,35,36)(H2,30,31,37). The van der Waals surface area contributed by atoms with Gasteiger partial charge in [-0.3, -0.25) is 9.59 Å². The molecule has 0 fully saturated rings. The van der Waals surface area contributed by atoms with Gasteiger partial charge in [0.1, 0.15) is 6.04 Å². The molecule has 200 valence electrons. The van der Waals surface area contributed by atoms with Gasteiger partial charge < -0.3 is 26.2 Å². The number of urea groups is 1. The zero-order chi connectivity index (χ0) is 27.2. The smallest absolute Gasteiger partial charge is 0.326 e. The van der Waals surface area contributed by atoms with Gasteiger partial charge in [0.25, 0.3) is 5.91 Å². The van der Waals surface area contributed by atoms with Gasteiger partial charge in [-0.1, -0.05) is 42.0 Å². The van der Waals surface area contributed by atoms with E-state index in [9.17, 15) is 24.3 Å². The summed E-state index contributed by atoms with van der Waals surface area (Å²) in [4.78, 5) is 46.5. The number of aliphatic carboxylic acids is 2. The topological polar surface area (TPSA) is 145 Å². The Bertz CT molecular complexity index is 1040. The molecular formula is C28H37N3O6. The maximum absolute atomic E-state index is 12.4. The van der Waals surface area contributed by atoms with E-state index in [4.69, 9.17) is 5.11 Å². The zero-order valence-electron chi connectivity index (χ0n) is 21.5. The number of aryl methyl sites for hydroxylation is 3. The molecule has 0 heterocycles. The number of hydrogen-bond donors (Lipinski definition) is 5. The van der Waals surface area contributed by atoms with Gasteiger partial charge in [0.05, 0.1) is 0 Å². The van der Waals surface area contributed by atoms with Gasteiger partial charge in [-0.2, -0.15) is 0 Å². The van der Waals surface area contributed by atoms with Crippen LogP contribution in [0.15, 0.2) is 48.5 Å². The van der Waals surface area contributed by atoms with Gasteiger partial charge in [-0.05, 0) is 75.6 Å². The molecule has 0 saturated carbocycles. The van der Waals surface area contributed by atoms with Crippen molar-refractivity contribution in [3.63, 3.8) is 0 Å². The third kappa shape index (κ3) is 11.6. The van der Waals surface area contributed by atoms with Gasteiger partial charge in [-0.25, -0.2) is 9.59 Å². The number of rotatable bonds is 15. The van der Waals surface area contributed by atoms with Gasteiger partial charge in [0.15, 0.2) is 0 Å². The molecule has 0 aliphatic rings. The summed E-state index contributed by atoms with van der Waals surface area (Å²) < 4.78 is 0. The summed E-state index contributed by atoms with van der Waals surface area (Å²) in [6.45, 7) is 4.11. The highest BCUT2D eigenvalue weighted by Gasteiger charge is 2.20. The SMILES string of the molecule is Cc1ccc(CCc2ccc(C(=O)NCCCCC(NC(=O)NC(C)CCC(=O)O)C(=O)O)cc2)cc1. The van der Waals surface area contributed by atoms with Crippen molar-refractivity contribution >= 4 is 23.9 Å². The van der Waals surface area contributed by atoms with Crippen LogP contribution in [0.3, 0.4) is 0 Å². The van der Waals surface area contributed by atoms with Crippen molar-refractivity contribution in [2.24, 2.45) is 0 Å². The summed E-state index contributed by atoms with van der Waals surface area (Å²) in [7, 11) is 0. The lowest BCUT2D eigenvalue weighted by atomic mass is 10.0. The zero-order valence-corrected chi connectivity index (χ0v) is 21.5. The number of carboxylic acids is 2. The summed E-state index contributed by atoms with van der Waals surface area (Å²) in [6.07, 6.45) is 3.24. The summed E-state index contributed by atoms with van der Waals surface area (Å²) >= 11 is 0. The minimum atomic E-state index is -1.15. The van der Waals surface area contributed by atoms with Crippen molar-refractivity contribution < 1.29 is 29.4 Å². The molecule has 9 heteroatoms. The maximum atomic E-state index is 12.4. The molecule has 0 bridgehead atoms. The molecule has 0 aromatic heterocycles. The molecule has 2 rings (SSSR count). The Morgan fingerprint density at radius 1 is 0.811 bits per heavy atom. The average Bonchev–Trinajstić information content (AvgIpc) is 2.86. The van der Waals surface area contributed by atoms with Crippen molar-refractivity contribution in [1.82, 2.24) is 16.0 Å². The van der Waals surface area contributed by atoms with Crippen molar-refractivity contribution in [1.29, 1.82) is 0 Å². The number of unbranched alkanes of at least 4 members (excludes halogenated alkanes) is 1. The second-order valence-corrected chi connectivity index (χ2v) is 9.28. The lowest BCUT2D eigenvalue weighted by Crippen LogP contribution is -2.48. The highest BCUT2D eigenvalue weighted by Crippen LogP contribution is 2.11. The largest absolute Gasteiger partial charge is 0.481 e. The van der Waals surface area contributed by atoms with E-state index in [1.807, 2.05) is 12.1 Å². The molecule has 3 amide bonds. The van der Waals surface area contributed by atoms with Crippen molar-refractivity contribution in [2.45, 2.75) is 70.9 Å². The van der Waals surface area contributed by atoms with Crippen molar-refractivity contribution in [3.8, 4) is 0 Å². The minimum Gasteiger partial charge on any atom is -0.481 e. The molecule has 2 aromatic rings. The average molecular weight is 512 g/mol. The molecule has 2 aromatic carbocycles. The molecule has 37 heavy (non-hydrogen) atoms. The van der Waals surface area contributed by atoms with E-state index in [2.05, 4.69) is 47.1 Å². The van der Waals surface area contributed by atoms with Crippen LogP contribution in [0, 0.1) is 6.92 Å². The van der Waals surface area contributed by atoms with Gasteiger partial charge in [0, 0.05) is 24.6 Å². The van der Waals surface area contributed by atoms with Crippen LogP contribution < -0.4 is 16.0 Å². The van der Waals surface area contributed by atoms with Crippen LogP contribution in [0.5, 0.6) is 0 Å². The van der Waals surface area contributed by atoms with Crippen LogP contribution in [-0.2, 0) is 22.4 Å². The molecule has 0 aliphatic heterocycles. The second kappa shape index (κ2) is 15.3. The fourth-order valence-corrected chi connectivity index (χ4v) is 3.74. The third-order valence-corrected chi connectivity index (χ3v) is 6.02. The van der Waals surface area contributed by atoms with Crippen LogP contribution >= 0.6 is 0 Å². The van der Waals surface area contributed by atoms with Crippen molar-refractivity contribution in [3.05, 3.63) is 70.8 Å². The Morgan fingerprint density at radius 2 is 1.41 bits per heavy atom. The van der Waals surface area contributed by atoms with Crippen LogP contribution in [0.4, 0.5) is 4.79 Å². The minimum absolute atomic E-state index is 0.0896. The number of nitrogens with one attached hydrogen (secondary N) is 3. The Hall–Kier alpha value is -3.88. The first-order chi connectivity index (χ1) is 17.6. The van der Waals surface area contributed by atoms with Gasteiger partial charge in [0.2, 0.25) is 0 Å². The predicted molar refractivity (Wildman–Crippen MR) is 141 cm³/mol. The predicted octanol–water partition coefficient (Wildman–Crippen LogP) is 3.69. The van der Waals surface area contributed by atoms with E-state index in [1.54, 1.807) is 19.1 Å². The monoisotopic (exact) mass is 511 g/mol. The van der Waals surface area contributed by atoms with E-state index in [0.29, 0.717) is 24.9 Å². The Kier molecular flexibility index (Phi) is 12.1. The summed E-state index contributed by atoms with van der Waals surface area (Å²) in [5, 5.41) is 25.9. The first kappa shape index (κ1) is 29.4. The molecule has 0 radical (unpaired) electrons. The maximum Gasteiger partial charge on any atom is 0.326 e. The van der Waals surface area contributed by atoms with Crippen LogP contribution in [0.25, 0.3) is 0 Å². The molecule has 0 aliphatic carbocycles. The molecule has 0 spiro atoms. The molecular weight excluding hydrogens is 474 g/mol. The van der Waals surface area contributed by atoms with Gasteiger partial charge >= 0.3 is 18.0 Å². The Balaban J connectivity index is 1.67. The summed E-state index contributed by atoms with van der Waals surface area (Å²) in [6, 6.07) is 13.9.